The van der Waals surface area contributed by atoms with Crippen molar-refractivity contribution in [2.24, 2.45) is 5.41 Å². The quantitative estimate of drug-likeness (QED) is 0.602. The molecule has 1 fully saturated rings. The molecule has 0 aromatic rings. The SMILES string of the molecule is COCCN(C)CCNC(=O)CC1(CS)CC1. The number of nitrogens with one attached hydrogen (secondary N) is 1. The average Bonchev–Trinajstić information content (AvgIpc) is 3.06. The van der Waals surface area contributed by atoms with Crippen LogP contribution in [-0.2, 0) is 9.53 Å². The summed E-state index contributed by atoms with van der Waals surface area (Å²) in [7, 11) is 3.73. The molecular weight excluding hydrogens is 236 g/mol. The van der Waals surface area contributed by atoms with Crippen molar-refractivity contribution in [1.29, 1.82) is 0 Å². The highest BCUT2D eigenvalue weighted by atomic mass is 32.1. The number of carbonyl (C=O) groups excluding carboxylic acids is 1. The van der Waals surface area contributed by atoms with Gasteiger partial charge in [0.15, 0.2) is 0 Å². The van der Waals surface area contributed by atoms with Gasteiger partial charge in [-0.2, -0.15) is 12.6 Å². The zero-order valence-electron chi connectivity index (χ0n) is 10.9. The minimum atomic E-state index is 0.164. The van der Waals surface area contributed by atoms with Gasteiger partial charge in [0.1, 0.15) is 0 Å². The molecule has 5 heteroatoms. The first-order valence-electron chi connectivity index (χ1n) is 6.17. The van der Waals surface area contributed by atoms with E-state index >= 15 is 0 Å². The van der Waals surface area contributed by atoms with Crippen LogP contribution in [-0.4, -0.2) is 57.0 Å². The number of carbonyl (C=O) groups is 1. The molecule has 4 nitrogen and oxygen atoms in total. The molecule has 1 aliphatic rings. The van der Waals surface area contributed by atoms with E-state index in [2.05, 4.69) is 22.8 Å². The number of hydrogen-bond acceptors (Lipinski definition) is 4. The third kappa shape index (κ3) is 5.75. The number of amides is 1. The molecule has 100 valence electrons. The van der Waals surface area contributed by atoms with E-state index < -0.39 is 0 Å². The van der Waals surface area contributed by atoms with Crippen molar-refractivity contribution in [1.82, 2.24) is 10.2 Å². The average molecular weight is 260 g/mol. The molecule has 0 saturated heterocycles. The van der Waals surface area contributed by atoms with Crippen molar-refractivity contribution >= 4 is 18.5 Å². The Kier molecular flexibility index (Phi) is 6.30. The van der Waals surface area contributed by atoms with E-state index in [-0.39, 0.29) is 11.3 Å². The topological polar surface area (TPSA) is 41.6 Å². The Morgan fingerprint density at radius 1 is 1.47 bits per heavy atom. The fourth-order valence-electron chi connectivity index (χ4n) is 1.72. The number of ether oxygens (including phenoxy) is 1. The molecule has 1 amide bonds. The molecular formula is C12H24N2O2S. The summed E-state index contributed by atoms with van der Waals surface area (Å²) in [6.07, 6.45) is 2.94. The second kappa shape index (κ2) is 7.24. The normalized spacial score (nSPS) is 17.2. The maximum atomic E-state index is 11.7. The van der Waals surface area contributed by atoms with E-state index in [0.717, 1.165) is 38.3 Å². The molecule has 0 bridgehead atoms. The Hall–Kier alpha value is -0.260. The minimum Gasteiger partial charge on any atom is -0.383 e. The van der Waals surface area contributed by atoms with Gasteiger partial charge in [0, 0.05) is 33.2 Å². The van der Waals surface area contributed by atoms with Crippen LogP contribution in [0.3, 0.4) is 0 Å². The van der Waals surface area contributed by atoms with Gasteiger partial charge in [-0.1, -0.05) is 0 Å². The molecule has 17 heavy (non-hydrogen) atoms. The summed E-state index contributed by atoms with van der Waals surface area (Å²) in [6.45, 7) is 3.20. The van der Waals surface area contributed by atoms with E-state index in [0.29, 0.717) is 13.0 Å². The maximum absolute atomic E-state index is 11.7. The summed E-state index contributed by atoms with van der Waals surface area (Å²) in [5, 5.41) is 2.97. The van der Waals surface area contributed by atoms with Crippen LogP contribution in [0.25, 0.3) is 0 Å². The van der Waals surface area contributed by atoms with Crippen molar-refractivity contribution in [3.8, 4) is 0 Å². The lowest BCUT2D eigenvalue weighted by atomic mass is 10.1. The van der Waals surface area contributed by atoms with Gasteiger partial charge in [-0.05, 0) is 31.1 Å². The lowest BCUT2D eigenvalue weighted by molar-refractivity contribution is -0.122. The Morgan fingerprint density at radius 3 is 2.71 bits per heavy atom. The predicted octanol–water partition coefficient (Wildman–Crippen LogP) is 0.781. The van der Waals surface area contributed by atoms with Crippen LogP contribution in [0.1, 0.15) is 19.3 Å². The number of methoxy groups -OCH3 is 1. The number of nitrogens with zero attached hydrogens (tertiary/aromatic N) is 1. The second-order valence-electron chi connectivity index (χ2n) is 4.98. The lowest BCUT2D eigenvalue weighted by Crippen LogP contribution is -2.35. The van der Waals surface area contributed by atoms with Gasteiger partial charge in [0.25, 0.3) is 0 Å². The summed E-state index contributed by atoms with van der Waals surface area (Å²) in [4.78, 5) is 13.8. The summed E-state index contributed by atoms with van der Waals surface area (Å²) >= 11 is 4.30. The molecule has 0 aromatic carbocycles. The molecule has 1 saturated carbocycles. The number of rotatable bonds is 9. The second-order valence-corrected chi connectivity index (χ2v) is 5.30. The zero-order chi connectivity index (χ0) is 12.7. The van der Waals surface area contributed by atoms with E-state index in [9.17, 15) is 4.79 Å². The van der Waals surface area contributed by atoms with E-state index in [1.807, 2.05) is 7.05 Å². The molecule has 1 rings (SSSR count). The summed E-state index contributed by atoms with van der Waals surface area (Å²) in [5.74, 6) is 0.991. The molecule has 0 atom stereocenters. The molecule has 0 unspecified atom stereocenters. The Balaban J connectivity index is 2.04. The van der Waals surface area contributed by atoms with Gasteiger partial charge in [0.2, 0.25) is 5.91 Å². The Labute approximate surface area is 109 Å². The number of likely N-dealkylation sites (N-methyl/N-ethyl adjacent to an activating group) is 1. The van der Waals surface area contributed by atoms with Crippen LogP contribution < -0.4 is 5.32 Å². The molecule has 1 N–H and O–H groups in total. The molecule has 0 spiro atoms. The zero-order valence-corrected chi connectivity index (χ0v) is 11.8. The highest BCUT2D eigenvalue weighted by Gasteiger charge is 2.42. The first-order valence-corrected chi connectivity index (χ1v) is 6.80. The molecule has 0 aromatic heterocycles. The third-order valence-electron chi connectivity index (χ3n) is 3.32. The van der Waals surface area contributed by atoms with Crippen LogP contribution in [0.2, 0.25) is 0 Å². The summed E-state index contributed by atoms with van der Waals surface area (Å²) in [6, 6.07) is 0. The summed E-state index contributed by atoms with van der Waals surface area (Å²) in [5.41, 5.74) is 0.217. The maximum Gasteiger partial charge on any atom is 0.220 e. The van der Waals surface area contributed by atoms with Gasteiger partial charge >= 0.3 is 0 Å². The largest absolute Gasteiger partial charge is 0.383 e. The highest BCUT2D eigenvalue weighted by molar-refractivity contribution is 7.80. The van der Waals surface area contributed by atoms with Crippen molar-refractivity contribution < 1.29 is 9.53 Å². The van der Waals surface area contributed by atoms with Crippen molar-refractivity contribution in [2.45, 2.75) is 19.3 Å². The minimum absolute atomic E-state index is 0.164. The van der Waals surface area contributed by atoms with Gasteiger partial charge in [-0.3, -0.25) is 4.79 Å². The Morgan fingerprint density at radius 2 is 2.18 bits per heavy atom. The van der Waals surface area contributed by atoms with Crippen molar-refractivity contribution in [2.75, 3.05) is 46.2 Å². The summed E-state index contributed by atoms with van der Waals surface area (Å²) < 4.78 is 4.99. The molecule has 0 aliphatic heterocycles. The third-order valence-corrected chi connectivity index (χ3v) is 3.99. The van der Waals surface area contributed by atoms with Crippen molar-refractivity contribution in [3.05, 3.63) is 0 Å². The molecule has 0 heterocycles. The van der Waals surface area contributed by atoms with Gasteiger partial charge in [0.05, 0.1) is 6.61 Å². The van der Waals surface area contributed by atoms with E-state index in [1.165, 1.54) is 0 Å². The van der Waals surface area contributed by atoms with Crippen LogP contribution in [0.4, 0.5) is 0 Å². The van der Waals surface area contributed by atoms with Gasteiger partial charge < -0.3 is 15.0 Å². The van der Waals surface area contributed by atoms with Crippen LogP contribution in [0, 0.1) is 5.41 Å². The molecule has 0 radical (unpaired) electrons. The van der Waals surface area contributed by atoms with E-state index in [4.69, 9.17) is 4.74 Å². The fourth-order valence-corrected chi connectivity index (χ4v) is 2.14. The first-order chi connectivity index (χ1) is 8.12. The van der Waals surface area contributed by atoms with Crippen LogP contribution in [0.5, 0.6) is 0 Å². The smallest absolute Gasteiger partial charge is 0.220 e. The standard InChI is InChI=1S/C12H24N2O2S/c1-14(7-8-16-2)6-5-13-11(15)9-12(10-17)3-4-12/h17H,3-10H2,1-2H3,(H,13,15). The van der Waals surface area contributed by atoms with Gasteiger partial charge in [-0.25, -0.2) is 0 Å². The Bertz CT molecular complexity index is 245. The van der Waals surface area contributed by atoms with Crippen LogP contribution >= 0.6 is 12.6 Å². The van der Waals surface area contributed by atoms with Gasteiger partial charge in [-0.15, -0.1) is 0 Å². The predicted molar refractivity (Wildman–Crippen MR) is 72.5 cm³/mol. The van der Waals surface area contributed by atoms with Crippen LogP contribution in [0.15, 0.2) is 0 Å². The lowest BCUT2D eigenvalue weighted by Gasteiger charge is -2.17. The molecule has 1 aliphatic carbocycles. The number of thiol groups is 1. The number of hydrogen-bond donors (Lipinski definition) is 2. The fraction of sp³-hybridized carbons (Fsp3) is 0.917. The van der Waals surface area contributed by atoms with Crippen molar-refractivity contribution in [3.63, 3.8) is 0 Å². The van der Waals surface area contributed by atoms with E-state index in [1.54, 1.807) is 7.11 Å². The first kappa shape index (κ1) is 14.8. The highest BCUT2D eigenvalue weighted by Crippen LogP contribution is 2.49. The monoisotopic (exact) mass is 260 g/mol.